The van der Waals surface area contributed by atoms with Crippen molar-refractivity contribution in [1.29, 1.82) is 0 Å². The van der Waals surface area contributed by atoms with Crippen LogP contribution in [0.3, 0.4) is 0 Å². The average molecular weight is 351 g/mol. The molecule has 0 atom stereocenters. The molecular formula is C18H11ClN4O2. The van der Waals surface area contributed by atoms with E-state index < -0.39 is 0 Å². The number of benzene rings is 2. The highest BCUT2D eigenvalue weighted by molar-refractivity contribution is 6.30. The molecule has 0 aliphatic carbocycles. The minimum atomic E-state index is -0.368. The van der Waals surface area contributed by atoms with E-state index in [0.717, 1.165) is 0 Å². The van der Waals surface area contributed by atoms with Crippen LogP contribution in [-0.2, 0) is 0 Å². The third kappa shape index (κ3) is 2.83. The second-order valence-corrected chi connectivity index (χ2v) is 5.81. The summed E-state index contributed by atoms with van der Waals surface area (Å²) in [4.78, 5) is 31.7. The summed E-state index contributed by atoms with van der Waals surface area (Å²) in [6.45, 7) is 0. The zero-order valence-electron chi connectivity index (χ0n) is 12.8. The molecule has 0 amide bonds. The number of H-pyrrole nitrogens is 1. The molecule has 0 spiro atoms. The van der Waals surface area contributed by atoms with Crippen molar-refractivity contribution in [3.63, 3.8) is 0 Å². The Labute approximate surface area is 146 Å². The number of aromatic amines is 1. The molecule has 7 heteroatoms. The second kappa shape index (κ2) is 5.99. The van der Waals surface area contributed by atoms with Gasteiger partial charge < -0.3 is 4.98 Å². The maximum Gasteiger partial charge on any atom is 0.276 e. The molecule has 2 heterocycles. The van der Waals surface area contributed by atoms with Crippen LogP contribution >= 0.6 is 11.6 Å². The standard InChI is InChI=1S/C18H11ClN4O2/c19-11-5-7-12(8-6-11)23-16(24)10-9-15(22-23)17-18(25)21-14-4-2-1-3-13(14)20-17/h1-10H,(H,21,25). The Morgan fingerprint density at radius 2 is 1.68 bits per heavy atom. The normalized spacial score (nSPS) is 10.9. The van der Waals surface area contributed by atoms with Crippen LogP contribution in [0.1, 0.15) is 0 Å². The summed E-state index contributed by atoms with van der Waals surface area (Å²) in [5.41, 5.74) is 1.61. The van der Waals surface area contributed by atoms with E-state index in [1.54, 1.807) is 36.4 Å². The summed E-state index contributed by atoms with van der Waals surface area (Å²) in [5, 5.41) is 4.84. The predicted octanol–water partition coefficient (Wildman–Crippen LogP) is 2.79. The third-order valence-corrected chi connectivity index (χ3v) is 3.97. The van der Waals surface area contributed by atoms with Gasteiger partial charge >= 0.3 is 0 Å². The van der Waals surface area contributed by atoms with Crippen molar-refractivity contribution < 1.29 is 0 Å². The van der Waals surface area contributed by atoms with E-state index >= 15 is 0 Å². The molecule has 0 radical (unpaired) electrons. The first kappa shape index (κ1) is 15.3. The SMILES string of the molecule is O=c1[nH]c2ccccc2nc1-c1ccc(=O)n(-c2ccc(Cl)cc2)n1. The Kier molecular flexibility index (Phi) is 3.66. The lowest BCUT2D eigenvalue weighted by Gasteiger charge is -2.07. The quantitative estimate of drug-likeness (QED) is 0.602. The Balaban J connectivity index is 1.91. The topological polar surface area (TPSA) is 80.6 Å². The molecule has 6 nitrogen and oxygen atoms in total. The average Bonchev–Trinajstić information content (AvgIpc) is 2.62. The van der Waals surface area contributed by atoms with Crippen LogP contribution in [0, 0.1) is 0 Å². The largest absolute Gasteiger partial charge is 0.319 e. The monoisotopic (exact) mass is 350 g/mol. The van der Waals surface area contributed by atoms with E-state index in [-0.39, 0.29) is 16.8 Å². The van der Waals surface area contributed by atoms with E-state index in [4.69, 9.17) is 11.6 Å². The van der Waals surface area contributed by atoms with Crippen LogP contribution in [0.5, 0.6) is 0 Å². The van der Waals surface area contributed by atoms with Crippen molar-refractivity contribution in [3.8, 4) is 17.1 Å². The number of aromatic nitrogens is 4. The molecule has 0 aliphatic rings. The van der Waals surface area contributed by atoms with Crippen molar-refractivity contribution in [2.24, 2.45) is 0 Å². The van der Waals surface area contributed by atoms with Gasteiger partial charge in [0.05, 0.1) is 16.7 Å². The zero-order valence-corrected chi connectivity index (χ0v) is 13.6. The Hall–Kier alpha value is -3.25. The summed E-state index contributed by atoms with van der Waals surface area (Å²) in [7, 11) is 0. The molecule has 0 fully saturated rings. The highest BCUT2D eigenvalue weighted by Gasteiger charge is 2.11. The van der Waals surface area contributed by atoms with Crippen molar-refractivity contribution in [2.45, 2.75) is 0 Å². The lowest BCUT2D eigenvalue weighted by molar-refractivity contribution is 0.809. The van der Waals surface area contributed by atoms with Gasteiger partial charge in [-0.1, -0.05) is 23.7 Å². The minimum Gasteiger partial charge on any atom is -0.319 e. The number of nitrogens with one attached hydrogen (secondary N) is 1. The number of nitrogens with zero attached hydrogens (tertiary/aromatic N) is 3. The summed E-state index contributed by atoms with van der Waals surface area (Å²) >= 11 is 5.88. The van der Waals surface area contributed by atoms with E-state index in [2.05, 4.69) is 15.1 Å². The van der Waals surface area contributed by atoms with Gasteiger partial charge in [-0.05, 0) is 42.5 Å². The van der Waals surface area contributed by atoms with Crippen molar-refractivity contribution in [1.82, 2.24) is 19.7 Å². The number of fused-ring (bicyclic) bond motifs is 1. The molecule has 4 aromatic rings. The fraction of sp³-hybridized carbons (Fsp3) is 0. The Morgan fingerprint density at radius 1 is 0.920 bits per heavy atom. The van der Waals surface area contributed by atoms with Gasteiger partial charge in [-0.15, -0.1) is 0 Å². The molecule has 2 aromatic heterocycles. The van der Waals surface area contributed by atoms with Gasteiger partial charge in [-0.25, -0.2) is 4.98 Å². The first-order valence-electron chi connectivity index (χ1n) is 7.47. The van der Waals surface area contributed by atoms with Crippen LogP contribution < -0.4 is 11.1 Å². The highest BCUT2D eigenvalue weighted by Crippen LogP contribution is 2.15. The third-order valence-electron chi connectivity index (χ3n) is 3.71. The number of hydrogen-bond donors (Lipinski definition) is 1. The van der Waals surface area contributed by atoms with Gasteiger partial charge in [0, 0.05) is 11.1 Å². The molecule has 0 aliphatic heterocycles. The minimum absolute atomic E-state index is 0.154. The molecule has 0 unspecified atom stereocenters. The summed E-state index contributed by atoms with van der Waals surface area (Å²) in [6.07, 6.45) is 0. The summed E-state index contributed by atoms with van der Waals surface area (Å²) in [5.74, 6) is 0. The van der Waals surface area contributed by atoms with Gasteiger partial charge in [0.2, 0.25) is 0 Å². The number of hydrogen-bond acceptors (Lipinski definition) is 4. The molecule has 4 rings (SSSR count). The van der Waals surface area contributed by atoms with Crippen molar-refractivity contribution >= 4 is 22.6 Å². The number of rotatable bonds is 2. The van der Waals surface area contributed by atoms with Gasteiger partial charge in [-0.2, -0.15) is 9.78 Å². The van der Waals surface area contributed by atoms with Crippen LogP contribution in [0.25, 0.3) is 28.1 Å². The van der Waals surface area contributed by atoms with Gasteiger partial charge in [0.15, 0.2) is 5.69 Å². The van der Waals surface area contributed by atoms with Crippen LogP contribution in [0.15, 0.2) is 70.3 Å². The van der Waals surface area contributed by atoms with Gasteiger partial charge in [0.1, 0.15) is 5.69 Å². The fourth-order valence-electron chi connectivity index (χ4n) is 2.51. The maximum absolute atomic E-state index is 12.3. The molecule has 2 aromatic carbocycles. The Morgan fingerprint density at radius 3 is 2.48 bits per heavy atom. The number of para-hydroxylation sites is 2. The highest BCUT2D eigenvalue weighted by atomic mass is 35.5. The molecule has 1 N–H and O–H groups in total. The Bertz CT molecular complexity index is 1200. The van der Waals surface area contributed by atoms with Crippen LogP contribution in [-0.4, -0.2) is 19.7 Å². The zero-order chi connectivity index (χ0) is 17.4. The second-order valence-electron chi connectivity index (χ2n) is 5.38. The lowest BCUT2D eigenvalue weighted by Crippen LogP contribution is -2.22. The molecule has 0 bridgehead atoms. The van der Waals surface area contributed by atoms with E-state index in [9.17, 15) is 9.59 Å². The smallest absolute Gasteiger partial charge is 0.276 e. The van der Waals surface area contributed by atoms with Crippen molar-refractivity contribution in [3.05, 3.63) is 86.4 Å². The molecule has 25 heavy (non-hydrogen) atoms. The predicted molar refractivity (Wildman–Crippen MR) is 96.2 cm³/mol. The molecule has 122 valence electrons. The van der Waals surface area contributed by atoms with Gasteiger partial charge in [-0.3, -0.25) is 9.59 Å². The maximum atomic E-state index is 12.3. The first-order valence-corrected chi connectivity index (χ1v) is 7.85. The lowest BCUT2D eigenvalue weighted by atomic mass is 10.2. The summed E-state index contributed by atoms with van der Waals surface area (Å²) in [6, 6.07) is 16.8. The van der Waals surface area contributed by atoms with E-state index in [0.29, 0.717) is 27.4 Å². The van der Waals surface area contributed by atoms with Crippen LogP contribution in [0.2, 0.25) is 5.02 Å². The van der Waals surface area contributed by atoms with Crippen molar-refractivity contribution in [2.75, 3.05) is 0 Å². The van der Waals surface area contributed by atoms with E-state index in [1.165, 1.54) is 16.8 Å². The first-order chi connectivity index (χ1) is 12.1. The fourth-order valence-corrected chi connectivity index (χ4v) is 2.63. The van der Waals surface area contributed by atoms with Crippen LogP contribution in [0.4, 0.5) is 0 Å². The summed E-state index contributed by atoms with van der Waals surface area (Å²) < 4.78 is 1.21. The van der Waals surface area contributed by atoms with Gasteiger partial charge in [0.25, 0.3) is 11.1 Å². The molecular weight excluding hydrogens is 340 g/mol. The molecule has 0 saturated carbocycles. The molecule has 0 saturated heterocycles. The number of halogens is 1. The van der Waals surface area contributed by atoms with E-state index in [1.807, 2.05) is 12.1 Å².